The Balaban J connectivity index is 1.63. The van der Waals surface area contributed by atoms with Gasteiger partial charge in [-0.15, -0.1) is 0 Å². The Morgan fingerprint density at radius 3 is 2.43 bits per heavy atom. The van der Waals surface area contributed by atoms with Crippen molar-refractivity contribution >= 4 is 15.9 Å². The molecule has 0 atom stereocenters. The van der Waals surface area contributed by atoms with Gasteiger partial charge in [-0.3, -0.25) is 4.79 Å². The Hall–Kier alpha value is -2.38. The van der Waals surface area contributed by atoms with Crippen molar-refractivity contribution in [2.24, 2.45) is 5.92 Å². The first-order valence-electron chi connectivity index (χ1n) is 10.4. The molecule has 0 aliphatic carbocycles. The largest absolute Gasteiger partial charge is 0.496 e. The lowest BCUT2D eigenvalue weighted by atomic mass is 9.99. The summed E-state index contributed by atoms with van der Waals surface area (Å²) in [5.74, 6) is 0.724. The van der Waals surface area contributed by atoms with Crippen LogP contribution in [0.5, 0.6) is 5.75 Å². The molecular weight excluding hydrogens is 400 g/mol. The minimum Gasteiger partial charge on any atom is -0.496 e. The monoisotopic (exact) mass is 428 g/mol. The van der Waals surface area contributed by atoms with Gasteiger partial charge in [-0.2, -0.15) is 4.31 Å². The smallest absolute Gasteiger partial charge is 0.257 e. The zero-order valence-corrected chi connectivity index (χ0v) is 18.3. The second-order valence-electron chi connectivity index (χ2n) is 8.19. The molecule has 1 saturated heterocycles. The van der Waals surface area contributed by atoms with Crippen molar-refractivity contribution in [2.75, 3.05) is 26.7 Å². The second kappa shape index (κ2) is 8.40. The maximum atomic E-state index is 13.3. The summed E-state index contributed by atoms with van der Waals surface area (Å²) in [7, 11) is -2.14. The summed E-state index contributed by atoms with van der Waals surface area (Å²) in [6.45, 7) is 4.29. The van der Waals surface area contributed by atoms with E-state index in [-0.39, 0.29) is 10.8 Å². The van der Waals surface area contributed by atoms with Crippen LogP contribution in [-0.2, 0) is 23.0 Å². The highest BCUT2D eigenvalue weighted by molar-refractivity contribution is 7.89. The van der Waals surface area contributed by atoms with Crippen molar-refractivity contribution in [1.29, 1.82) is 0 Å². The van der Waals surface area contributed by atoms with Crippen LogP contribution in [0, 0.1) is 5.92 Å². The van der Waals surface area contributed by atoms with Crippen LogP contribution in [0.15, 0.2) is 47.4 Å². The molecule has 160 valence electrons. The van der Waals surface area contributed by atoms with E-state index >= 15 is 0 Å². The van der Waals surface area contributed by atoms with Gasteiger partial charge in [-0.25, -0.2) is 8.42 Å². The minimum atomic E-state index is -3.64. The van der Waals surface area contributed by atoms with Crippen molar-refractivity contribution < 1.29 is 17.9 Å². The predicted molar refractivity (Wildman–Crippen MR) is 115 cm³/mol. The Morgan fingerprint density at radius 1 is 1.03 bits per heavy atom. The highest BCUT2D eigenvalue weighted by Crippen LogP contribution is 2.29. The van der Waals surface area contributed by atoms with Crippen LogP contribution >= 0.6 is 0 Å². The third-order valence-corrected chi connectivity index (χ3v) is 8.09. The Labute approximate surface area is 178 Å². The molecule has 2 heterocycles. The number of nitrogens with zero attached hydrogens (tertiary/aromatic N) is 2. The molecule has 7 heteroatoms. The second-order valence-corrected chi connectivity index (χ2v) is 10.1. The van der Waals surface area contributed by atoms with E-state index in [2.05, 4.69) is 13.0 Å². The average molecular weight is 429 g/mol. The first-order chi connectivity index (χ1) is 14.4. The first-order valence-corrected chi connectivity index (χ1v) is 11.9. The summed E-state index contributed by atoms with van der Waals surface area (Å²) in [6, 6.07) is 12.7. The zero-order chi connectivity index (χ0) is 21.3. The fraction of sp³-hybridized carbons (Fsp3) is 0.435. The molecule has 2 aliphatic heterocycles. The topological polar surface area (TPSA) is 66.9 Å². The number of piperidine rings is 1. The van der Waals surface area contributed by atoms with Gasteiger partial charge in [-0.1, -0.05) is 31.2 Å². The van der Waals surface area contributed by atoms with E-state index in [1.54, 1.807) is 11.0 Å². The fourth-order valence-electron chi connectivity index (χ4n) is 4.23. The molecule has 6 nitrogen and oxygen atoms in total. The minimum absolute atomic E-state index is 0.151. The SMILES string of the molecule is COc1ccc(S(=O)(=O)N2CCC(C)CC2)cc1C(=O)N1CCc2ccccc2C1. The number of methoxy groups -OCH3 is 1. The molecule has 2 aromatic carbocycles. The zero-order valence-electron chi connectivity index (χ0n) is 17.5. The summed E-state index contributed by atoms with van der Waals surface area (Å²) in [4.78, 5) is 15.2. The summed E-state index contributed by atoms with van der Waals surface area (Å²) >= 11 is 0. The van der Waals surface area contributed by atoms with E-state index in [0.717, 1.165) is 24.8 Å². The molecule has 1 fully saturated rings. The van der Waals surface area contributed by atoms with Crippen LogP contribution in [0.4, 0.5) is 0 Å². The molecule has 2 aliphatic rings. The third-order valence-electron chi connectivity index (χ3n) is 6.20. The molecule has 4 rings (SSSR count). The number of fused-ring (bicyclic) bond motifs is 1. The van der Waals surface area contributed by atoms with Crippen LogP contribution in [0.2, 0.25) is 0 Å². The summed E-state index contributed by atoms with van der Waals surface area (Å²) in [5, 5.41) is 0. The lowest BCUT2D eigenvalue weighted by Crippen LogP contribution is -2.38. The standard InChI is InChI=1S/C23H28N2O4S/c1-17-9-13-25(14-10-17)30(27,28)20-7-8-22(29-2)21(15-20)23(26)24-12-11-18-5-3-4-6-19(18)16-24/h3-8,15,17H,9-14,16H2,1-2H3. The third kappa shape index (κ3) is 3.96. The van der Waals surface area contributed by atoms with Gasteiger partial charge in [0.05, 0.1) is 17.6 Å². The molecule has 2 aromatic rings. The van der Waals surface area contributed by atoms with E-state index in [4.69, 9.17) is 4.74 Å². The number of carbonyl (C=O) groups is 1. The number of sulfonamides is 1. The maximum absolute atomic E-state index is 13.3. The van der Waals surface area contributed by atoms with Crippen LogP contribution in [-0.4, -0.2) is 50.3 Å². The fourth-order valence-corrected chi connectivity index (χ4v) is 5.72. The van der Waals surface area contributed by atoms with Crippen molar-refractivity contribution in [3.63, 3.8) is 0 Å². The lowest BCUT2D eigenvalue weighted by molar-refractivity contribution is 0.0731. The molecule has 0 aromatic heterocycles. The molecule has 0 radical (unpaired) electrons. The normalized spacial score (nSPS) is 18.1. The lowest BCUT2D eigenvalue weighted by Gasteiger charge is -2.30. The highest BCUT2D eigenvalue weighted by atomic mass is 32.2. The molecule has 0 unspecified atom stereocenters. The number of carbonyl (C=O) groups excluding carboxylic acids is 1. The van der Waals surface area contributed by atoms with Crippen LogP contribution < -0.4 is 4.74 Å². The van der Waals surface area contributed by atoms with E-state index in [1.807, 2.05) is 18.2 Å². The average Bonchev–Trinajstić information content (AvgIpc) is 2.78. The number of rotatable bonds is 4. The van der Waals surface area contributed by atoms with Gasteiger partial charge in [0.15, 0.2) is 0 Å². The van der Waals surface area contributed by atoms with Gasteiger partial charge in [0, 0.05) is 26.2 Å². The number of ether oxygens (including phenoxy) is 1. The van der Waals surface area contributed by atoms with Gasteiger partial charge < -0.3 is 9.64 Å². The predicted octanol–water partition coefficient (Wildman–Crippen LogP) is 3.31. The molecule has 0 N–H and O–H groups in total. The van der Waals surface area contributed by atoms with E-state index in [0.29, 0.717) is 43.4 Å². The molecule has 1 amide bonds. The molecule has 0 bridgehead atoms. The number of benzene rings is 2. The molecule has 0 spiro atoms. The highest BCUT2D eigenvalue weighted by Gasteiger charge is 2.30. The van der Waals surface area contributed by atoms with Gasteiger partial charge >= 0.3 is 0 Å². The van der Waals surface area contributed by atoms with Crippen molar-refractivity contribution in [2.45, 2.75) is 37.6 Å². The van der Waals surface area contributed by atoms with Crippen LogP contribution in [0.1, 0.15) is 41.3 Å². The maximum Gasteiger partial charge on any atom is 0.257 e. The van der Waals surface area contributed by atoms with Gasteiger partial charge in [-0.05, 0) is 54.5 Å². The van der Waals surface area contributed by atoms with Crippen molar-refractivity contribution in [3.8, 4) is 5.75 Å². The number of amides is 1. The van der Waals surface area contributed by atoms with E-state index in [1.165, 1.54) is 29.1 Å². The number of hydrogen-bond acceptors (Lipinski definition) is 4. The van der Waals surface area contributed by atoms with Crippen LogP contribution in [0.25, 0.3) is 0 Å². The van der Waals surface area contributed by atoms with Crippen molar-refractivity contribution in [1.82, 2.24) is 9.21 Å². The van der Waals surface area contributed by atoms with E-state index in [9.17, 15) is 13.2 Å². The number of hydrogen-bond donors (Lipinski definition) is 0. The summed E-state index contributed by atoms with van der Waals surface area (Å²) in [6.07, 6.45) is 2.50. The van der Waals surface area contributed by atoms with E-state index < -0.39 is 10.0 Å². The van der Waals surface area contributed by atoms with Crippen LogP contribution in [0.3, 0.4) is 0 Å². The van der Waals surface area contributed by atoms with Crippen molar-refractivity contribution in [3.05, 3.63) is 59.2 Å². The Bertz CT molecular complexity index is 1040. The summed E-state index contributed by atoms with van der Waals surface area (Å²) in [5.41, 5.74) is 2.68. The van der Waals surface area contributed by atoms with Gasteiger partial charge in [0.25, 0.3) is 5.91 Å². The summed E-state index contributed by atoms with van der Waals surface area (Å²) < 4.78 is 33.3. The van der Waals surface area contributed by atoms with Gasteiger partial charge in [0.2, 0.25) is 10.0 Å². The Morgan fingerprint density at radius 2 is 1.73 bits per heavy atom. The quantitative estimate of drug-likeness (QED) is 0.749. The molecular formula is C23H28N2O4S. The van der Waals surface area contributed by atoms with Gasteiger partial charge in [0.1, 0.15) is 5.75 Å². The first kappa shape index (κ1) is 20.9. The Kier molecular flexibility index (Phi) is 5.84. The molecule has 0 saturated carbocycles. The molecule has 30 heavy (non-hydrogen) atoms.